The predicted molar refractivity (Wildman–Crippen MR) is 145 cm³/mol. The van der Waals surface area contributed by atoms with Crippen LogP contribution in [0.4, 0.5) is 11.5 Å². The van der Waals surface area contributed by atoms with Gasteiger partial charge in [-0.05, 0) is 36.2 Å². The Labute approximate surface area is 216 Å². The summed E-state index contributed by atoms with van der Waals surface area (Å²) in [4.78, 5) is 33.3. The Hall–Kier alpha value is -5.32. The van der Waals surface area contributed by atoms with E-state index in [0.29, 0.717) is 40.7 Å². The van der Waals surface area contributed by atoms with Crippen LogP contribution in [-0.4, -0.2) is 45.3 Å². The van der Waals surface area contributed by atoms with Gasteiger partial charge in [0, 0.05) is 24.2 Å². The molecule has 0 spiro atoms. The van der Waals surface area contributed by atoms with Gasteiger partial charge in [0.2, 0.25) is 0 Å². The number of hydrogen-bond acceptors (Lipinski definition) is 8. The van der Waals surface area contributed by atoms with Crippen molar-refractivity contribution in [2.45, 2.75) is 6.42 Å². The molecule has 0 aliphatic rings. The van der Waals surface area contributed by atoms with E-state index in [0.717, 1.165) is 11.3 Å². The maximum absolute atomic E-state index is 13.3. The fourth-order valence-electron chi connectivity index (χ4n) is 4.03. The van der Waals surface area contributed by atoms with Gasteiger partial charge in [-0.3, -0.25) is 14.9 Å². The number of anilines is 1. The van der Waals surface area contributed by atoms with Gasteiger partial charge in [0.05, 0.1) is 29.3 Å². The number of rotatable bonds is 8. The maximum atomic E-state index is 13.3. The highest BCUT2D eigenvalue weighted by molar-refractivity contribution is 6.10. The van der Waals surface area contributed by atoms with Crippen molar-refractivity contribution in [3.05, 3.63) is 99.6 Å². The van der Waals surface area contributed by atoms with Gasteiger partial charge in [-0.1, -0.05) is 36.4 Å². The molecule has 0 unspecified atom stereocenters. The number of para-hydroxylation sites is 2. The summed E-state index contributed by atoms with van der Waals surface area (Å²) in [6, 6.07) is 20.9. The molecule has 5 aromatic rings. The molecule has 11 heteroatoms. The summed E-state index contributed by atoms with van der Waals surface area (Å²) in [5.74, 6) is 0.406. The van der Waals surface area contributed by atoms with E-state index < -0.39 is 10.8 Å². The van der Waals surface area contributed by atoms with Crippen molar-refractivity contribution in [1.29, 1.82) is 0 Å². The first-order valence-corrected chi connectivity index (χ1v) is 11.7. The van der Waals surface area contributed by atoms with Crippen molar-refractivity contribution in [3.8, 4) is 5.75 Å². The second-order valence-electron chi connectivity index (χ2n) is 8.41. The number of nitro groups is 1. The highest BCUT2D eigenvalue weighted by Crippen LogP contribution is 2.28. The van der Waals surface area contributed by atoms with Crippen LogP contribution in [0.3, 0.4) is 0 Å². The highest BCUT2D eigenvalue weighted by atomic mass is 16.6. The van der Waals surface area contributed by atoms with Gasteiger partial charge in [0.15, 0.2) is 5.65 Å². The van der Waals surface area contributed by atoms with Crippen LogP contribution in [0.15, 0.2) is 77.9 Å². The van der Waals surface area contributed by atoms with E-state index in [2.05, 4.69) is 20.4 Å². The lowest BCUT2D eigenvalue weighted by molar-refractivity contribution is -0.384. The second kappa shape index (κ2) is 10.3. The van der Waals surface area contributed by atoms with Crippen molar-refractivity contribution < 1.29 is 14.5 Å². The van der Waals surface area contributed by atoms with Gasteiger partial charge >= 0.3 is 0 Å². The van der Waals surface area contributed by atoms with Gasteiger partial charge in [0.1, 0.15) is 22.6 Å². The molecule has 0 fully saturated rings. The third kappa shape index (κ3) is 4.85. The van der Waals surface area contributed by atoms with Crippen molar-refractivity contribution in [2.24, 2.45) is 5.10 Å². The number of amides is 1. The first-order valence-electron chi connectivity index (χ1n) is 11.7. The summed E-state index contributed by atoms with van der Waals surface area (Å²) in [6.45, 7) is 0.370. The Morgan fingerprint density at radius 1 is 1.11 bits per heavy atom. The highest BCUT2D eigenvalue weighted by Gasteiger charge is 2.24. The number of hydrogen-bond donors (Lipinski definition) is 2. The van der Waals surface area contributed by atoms with E-state index in [9.17, 15) is 14.9 Å². The van der Waals surface area contributed by atoms with Crippen LogP contribution in [0.2, 0.25) is 0 Å². The van der Waals surface area contributed by atoms with Crippen LogP contribution in [-0.2, 0) is 6.42 Å². The number of fused-ring (bicyclic) bond motifs is 2. The van der Waals surface area contributed by atoms with Crippen LogP contribution in [0.1, 0.15) is 21.5 Å². The van der Waals surface area contributed by atoms with Crippen LogP contribution < -0.4 is 15.8 Å². The molecule has 0 saturated carbocycles. The molecule has 38 heavy (non-hydrogen) atoms. The Kier molecular flexibility index (Phi) is 6.64. The van der Waals surface area contributed by atoms with Crippen molar-refractivity contribution in [3.63, 3.8) is 0 Å². The molecule has 190 valence electrons. The molecular weight excluding hydrogens is 486 g/mol. The number of non-ortho nitro benzene ring substituents is 1. The average molecular weight is 510 g/mol. The lowest BCUT2D eigenvalue weighted by atomic mass is 10.1. The molecule has 2 heterocycles. The smallest absolute Gasteiger partial charge is 0.270 e. The van der Waals surface area contributed by atoms with E-state index in [1.54, 1.807) is 31.4 Å². The number of nitrogens with zero attached hydrogens (tertiary/aromatic N) is 5. The summed E-state index contributed by atoms with van der Waals surface area (Å²) in [5, 5.41) is 18.4. The largest absolute Gasteiger partial charge is 0.497 e. The third-order valence-corrected chi connectivity index (χ3v) is 5.96. The summed E-state index contributed by atoms with van der Waals surface area (Å²) < 4.78 is 6.51. The maximum Gasteiger partial charge on any atom is 0.270 e. The van der Waals surface area contributed by atoms with E-state index in [1.807, 2.05) is 36.4 Å². The molecule has 3 aromatic carbocycles. The van der Waals surface area contributed by atoms with Gasteiger partial charge in [-0.2, -0.15) is 9.78 Å². The molecule has 0 aliphatic carbocycles. The Balaban J connectivity index is 1.49. The number of ether oxygens (including phenoxy) is 1. The summed E-state index contributed by atoms with van der Waals surface area (Å²) in [6.07, 6.45) is 2.03. The van der Waals surface area contributed by atoms with Gasteiger partial charge < -0.3 is 15.8 Å². The Morgan fingerprint density at radius 3 is 2.55 bits per heavy atom. The van der Waals surface area contributed by atoms with Gasteiger partial charge in [-0.25, -0.2) is 9.97 Å². The molecule has 2 aromatic heterocycles. The molecule has 0 saturated heterocycles. The average Bonchev–Trinajstić information content (AvgIpc) is 3.20. The standard InChI is InChI=1S/C27H23N7O4/c1-38-20-11-9-17(10-12-20)13-14-29-27(35)23-24-26(32-22-8-3-2-7-21(22)31-24)33(25(23)28)30-16-18-5-4-6-19(15-18)34(36)37/h2-12,15-16H,13-14,28H2,1H3,(H,29,35)/b30-16-. The number of nitrogen functional groups attached to an aromatic ring is 1. The van der Waals surface area contributed by atoms with Crippen molar-refractivity contribution >= 4 is 45.8 Å². The van der Waals surface area contributed by atoms with E-state index in [-0.39, 0.29) is 17.1 Å². The monoisotopic (exact) mass is 509 g/mol. The number of methoxy groups -OCH3 is 1. The summed E-state index contributed by atoms with van der Waals surface area (Å²) in [7, 11) is 1.61. The van der Waals surface area contributed by atoms with Crippen molar-refractivity contribution in [2.75, 3.05) is 19.4 Å². The molecule has 0 atom stereocenters. The van der Waals surface area contributed by atoms with Crippen LogP contribution in [0.5, 0.6) is 5.75 Å². The minimum absolute atomic E-state index is 0.0546. The zero-order valence-electron chi connectivity index (χ0n) is 20.4. The Morgan fingerprint density at radius 2 is 1.84 bits per heavy atom. The van der Waals surface area contributed by atoms with Gasteiger partial charge in [-0.15, -0.1) is 0 Å². The number of carbonyl (C=O) groups is 1. The molecular formula is C27H23N7O4. The lowest BCUT2D eigenvalue weighted by Gasteiger charge is -2.06. The number of aromatic nitrogens is 3. The number of benzene rings is 3. The fourth-order valence-corrected chi connectivity index (χ4v) is 4.03. The molecule has 1 amide bonds. The van der Waals surface area contributed by atoms with Crippen molar-refractivity contribution in [1.82, 2.24) is 20.0 Å². The fraction of sp³-hybridized carbons (Fsp3) is 0.111. The van der Waals surface area contributed by atoms with Crippen LogP contribution >= 0.6 is 0 Å². The van der Waals surface area contributed by atoms with E-state index in [1.165, 1.54) is 23.0 Å². The molecule has 0 bridgehead atoms. The molecule has 11 nitrogen and oxygen atoms in total. The molecule has 3 N–H and O–H groups in total. The molecule has 5 rings (SSSR count). The summed E-state index contributed by atoms with van der Waals surface area (Å²) in [5.41, 5.74) is 9.84. The topological polar surface area (TPSA) is 151 Å². The van der Waals surface area contributed by atoms with Crippen LogP contribution in [0.25, 0.3) is 22.2 Å². The minimum Gasteiger partial charge on any atom is -0.497 e. The number of nitrogens with one attached hydrogen (secondary N) is 1. The van der Waals surface area contributed by atoms with E-state index >= 15 is 0 Å². The quantitative estimate of drug-likeness (QED) is 0.183. The predicted octanol–water partition coefficient (Wildman–Crippen LogP) is 3.94. The molecule has 0 radical (unpaired) electrons. The number of nitro benzene ring substituents is 1. The number of carbonyl (C=O) groups excluding carboxylic acids is 1. The first-order chi connectivity index (χ1) is 18.4. The summed E-state index contributed by atoms with van der Waals surface area (Å²) >= 11 is 0. The zero-order chi connectivity index (χ0) is 26.6. The van der Waals surface area contributed by atoms with Gasteiger partial charge in [0.25, 0.3) is 11.6 Å². The second-order valence-corrected chi connectivity index (χ2v) is 8.41. The first kappa shape index (κ1) is 24.4. The SMILES string of the molecule is COc1ccc(CCNC(=O)c2c(N)n(/N=C\c3cccc([N+](=O)[O-])c3)c3nc4ccccc4nc23)cc1. The normalized spacial score (nSPS) is 11.3. The Bertz CT molecular complexity index is 1690. The lowest BCUT2D eigenvalue weighted by Crippen LogP contribution is -2.26. The minimum atomic E-state index is -0.483. The zero-order valence-corrected chi connectivity index (χ0v) is 20.4. The molecule has 0 aliphatic heterocycles. The number of nitrogens with two attached hydrogens (primary N) is 1. The van der Waals surface area contributed by atoms with Crippen LogP contribution in [0, 0.1) is 10.1 Å². The third-order valence-electron chi connectivity index (χ3n) is 5.96. The van der Waals surface area contributed by atoms with E-state index in [4.69, 9.17) is 10.5 Å².